The fraction of sp³-hybridized carbons (Fsp3) is 0. The Morgan fingerprint density at radius 2 is 2.00 bits per heavy atom. The summed E-state index contributed by atoms with van der Waals surface area (Å²) in [4.78, 5) is 16.6. The maximum Gasteiger partial charge on any atom is 0.524 e. The number of rotatable bonds is 4. The second-order valence-corrected chi connectivity index (χ2v) is 2.75. The van der Waals surface area contributed by atoms with Crippen molar-refractivity contribution in [1.82, 2.24) is 0 Å². The van der Waals surface area contributed by atoms with E-state index in [0.29, 0.717) is 0 Å². The minimum absolute atomic E-state index is 0.00617. The van der Waals surface area contributed by atoms with Crippen molar-refractivity contribution in [3.63, 3.8) is 0 Å². The van der Waals surface area contributed by atoms with Gasteiger partial charge in [-0.25, -0.2) is 4.57 Å². The highest BCUT2D eigenvalue weighted by Crippen LogP contribution is 2.38. The van der Waals surface area contributed by atoms with Crippen LogP contribution in [0.15, 0.2) is 37.1 Å². The quantitative estimate of drug-likeness (QED) is 0.385. The average Bonchev–Trinajstić information content (AvgIpc) is 1.84. The first-order valence-electron chi connectivity index (χ1n) is 2.70. The molecular weight excluding hydrogens is 167 g/mol. The van der Waals surface area contributed by atoms with E-state index in [0.717, 1.165) is 0 Å². The van der Waals surface area contributed by atoms with Crippen molar-refractivity contribution < 1.29 is 18.9 Å². The molecule has 2 N–H and O–H groups in total. The maximum atomic E-state index is 10.2. The van der Waals surface area contributed by atoms with Crippen LogP contribution >= 0.6 is 7.82 Å². The Hall–Kier alpha value is -0.830. The van der Waals surface area contributed by atoms with E-state index in [1.54, 1.807) is 0 Å². The summed E-state index contributed by atoms with van der Waals surface area (Å²) in [6, 6.07) is 0. The van der Waals surface area contributed by atoms with Gasteiger partial charge in [-0.1, -0.05) is 19.2 Å². The molecule has 0 bridgehead atoms. The van der Waals surface area contributed by atoms with Crippen LogP contribution in [0.25, 0.3) is 0 Å². The molecule has 0 aliphatic rings. The van der Waals surface area contributed by atoms with E-state index in [1.165, 1.54) is 18.2 Å². The number of allylic oxidation sites excluding steroid dienone is 3. The van der Waals surface area contributed by atoms with E-state index in [1.807, 2.05) is 0 Å². The third kappa shape index (κ3) is 5.61. The number of phosphoric ester groups is 1. The Morgan fingerprint density at radius 1 is 1.45 bits per heavy atom. The first kappa shape index (κ1) is 10.2. The van der Waals surface area contributed by atoms with Crippen molar-refractivity contribution in [1.29, 1.82) is 0 Å². The first-order chi connectivity index (χ1) is 4.99. The van der Waals surface area contributed by atoms with Gasteiger partial charge in [-0.3, -0.25) is 9.79 Å². The second kappa shape index (κ2) is 4.13. The smallest absolute Gasteiger partial charge is 0.404 e. The standard InChI is InChI=1S/C6H9O4P/c1-3-5-6(4-2)10-11(7,8)9/h3-5H,1-2H2,(H2,7,8,9). The van der Waals surface area contributed by atoms with Crippen LogP contribution in [0.4, 0.5) is 0 Å². The lowest BCUT2D eigenvalue weighted by atomic mass is 10.4. The largest absolute Gasteiger partial charge is 0.524 e. The molecule has 4 nitrogen and oxygen atoms in total. The molecule has 0 saturated carbocycles. The van der Waals surface area contributed by atoms with Crippen molar-refractivity contribution in [2.24, 2.45) is 0 Å². The predicted molar refractivity (Wildman–Crippen MR) is 41.6 cm³/mol. The summed E-state index contributed by atoms with van der Waals surface area (Å²) in [5.74, 6) is -0.00617. The molecule has 0 unspecified atom stereocenters. The van der Waals surface area contributed by atoms with Crippen LogP contribution in [0.5, 0.6) is 0 Å². The summed E-state index contributed by atoms with van der Waals surface area (Å²) in [7, 11) is -4.46. The highest BCUT2D eigenvalue weighted by molar-refractivity contribution is 7.46. The number of phosphoric acid groups is 1. The zero-order valence-electron chi connectivity index (χ0n) is 5.80. The summed E-state index contributed by atoms with van der Waals surface area (Å²) >= 11 is 0. The van der Waals surface area contributed by atoms with Gasteiger partial charge in [0.2, 0.25) is 0 Å². The van der Waals surface area contributed by atoms with Crippen molar-refractivity contribution >= 4 is 7.82 Å². The van der Waals surface area contributed by atoms with E-state index in [4.69, 9.17) is 9.79 Å². The van der Waals surface area contributed by atoms with Gasteiger partial charge in [0.05, 0.1) is 0 Å². The minimum Gasteiger partial charge on any atom is -0.404 e. The van der Waals surface area contributed by atoms with Gasteiger partial charge in [-0.05, 0) is 12.2 Å². The molecule has 0 radical (unpaired) electrons. The summed E-state index contributed by atoms with van der Waals surface area (Å²) in [5.41, 5.74) is 0. The molecule has 0 amide bonds. The fourth-order valence-electron chi connectivity index (χ4n) is 0.389. The normalized spacial score (nSPS) is 12.4. The van der Waals surface area contributed by atoms with Gasteiger partial charge in [-0.15, -0.1) is 0 Å². The van der Waals surface area contributed by atoms with Gasteiger partial charge < -0.3 is 4.52 Å². The van der Waals surface area contributed by atoms with E-state index in [9.17, 15) is 4.57 Å². The molecule has 5 heteroatoms. The van der Waals surface area contributed by atoms with Crippen LogP contribution in [0.3, 0.4) is 0 Å². The molecule has 0 heterocycles. The van der Waals surface area contributed by atoms with Gasteiger partial charge in [-0.2, -0.15) is 0 Å². The molecule has 62 valence electrons. The third-order valence-electron chi connectivity index (χ3n) is 0.708. The summed E-state index contributed by atoms with van der Waals surface area (Å²) < 4.78 is 14.4. The van der Waals surface area contributed by atoms with Gasteiger partial charge >= 0.3 is 7.82 Å². The molecule has 0 atom stereocenters. The SMILES string of the molecule is C=CC=C(C=C)OP(=O)(O)O. The zero-order chi connectivity index (χ0) is 8.91. The molecule has 0 fully saturated rings. The molecule has 0 rings (SSSR count). The van der Waals surface area contributed by atoms with Crippen LogP contribution in [-0.2, 0) is 9.09 Å². The van der Waals surface area contributed by atoms with Crippen molar-refractivity contribution in [2.75, 3.05) is 0 Å². The minimum atomic E-state index is -4.46. The van der Waals surface area contributed by atoms with Crippen molar-refractivity contribution in [3.8, 4) is 0 Å². The predicted octanol–water partition coefficient (Wildman–Crippen LogP) is 1.35. The highest BCUT2D eigenvalue weighted by atomic mass is 31.2. The molecular formula is C6H9O4P. The molecule has 0 saturated heterocycles. The molecule has 0 aliphatic heterocycles. The highest BCUT2D eigenvalue weighted by Gasteiger charge is 2.15. The van der Waals surface area contributed by atoms with Gasteiger partial charge in [0.1, 0.15) is 5.76 Å². The van der Waals surface area contributed by atoms with E-state index in [-0.39, 0.29) is 5.76 Å². The Balaban J connectivity index is 4.33. The molecule has 0 aromatic carbocycles. The summed E-state index contributed by atoms with van der Waals surface area (Å²) in [5, 5.41) is 0. The fourth-order valence-corrected chi connectivity index (χ4v) is 0.799. The van der Waals surface area contributed by atoms with E-state index >= 15 is 0 Å². The van der Waals surface area contributed by atoms with Crippen LogP contribution < -0.4 is 0 Å². The Kier molecular flexibility index (Phi) is 3.82. The molecule has 0 aromatic rings. The Labute approximate surface area is 64.7 Å². The molecule has 0 aliphatic carbocycles. The second-order valence-electron chi connectivity index (χ2n) is 1.59. The van der Waals surface area contributed by atoms with Crippen LogP contribution in [0, 0.1) is 0 Å². The summed E-state index contributed by atoms with van der Waals surface area (Å²) in [6.45, 7) is 6.60. The van der Waals surface area contributed by atoms with Gasteiger partial charge in [0.15, 0.2) is 0 Å². The number of hydrogen-bond donors (Lipinski definition) is 2. The van der Waals surface area contributed by atoms with Gasteiger partial charge in [0.25, 0.3) is 0 Å². The van der Waals surface area contributed by atoms with Crippen molar-refractivity contribution in [3.05, 3.63) is 37.1 Å². The Morgan fingerprint density at radius 3 is 2.27 bits per heavy atom. The zero-order valence-corrected chi connectivity index (χ0v) is 6.70. The Bertz CT molecular complexity index is 225. The first-order valence-corrected chi connectivity index (χ1v) is 4.23. The van der Waals surface area contributed by atoms with Crippen molar-refractivity contribution in [2.45, 2.75) is 0 Å². The van der Waals surface area contributed by atoms with Crippen LogP contribution in [0.1, 0.15) is 0 Å². The maximum absolute atomic E-state index is 10.2. The topological polar surface area (TPSA) is 66.8 Å². The van der Waals surface area contributed by atoms with Crippen LogP contribution in [0.2, 0.25) is 0 Å². The molecule has 11 heavy (non-hydrogen) atoms. The van der Waals surface area contributed by atoms with Gasteiger partial charge in [0, 0.05) is 0 Å². The lowest BCUT2D eigenvalue weighted by molar-refractivity contribution is 0.248. The lowest BCUT2D eigenvalue weighted by Gasteiger charge is -2.05. The van der Waals surface area contributed by atoms with E-state index < -0.39 is 7.82 Å². The van der Waals surface area contributed by atoms with E-state index in [2.05, 4.69) is 17.7 Å². The molecule has 0 aromatic heterocycles. The molecule has 0 spiro atoms. The summed E-state index contributed by atoms with van der Waals surface area (Å²) in [6.07, 6.45) is 3.82. The lowest BCUT2D eigenvalue weighted by Crippen LogP contribution is -1.85. The average molecular weight is 176 g/mol. The monoisotopic (exact) mass is 176 g/mol. The third-order valence-corrected chi connectivity index (χ3v) is 1.16. The van der Waals surface area contributed by atoms with Crippen LogP contribution in [-0.4, -0.2) is 9.79 Å². The number of hydrogen-bond acceptors (Lipinski definition) is 2.